The average Bonchev–Trinajstić information content (AvgIpc) is 3.04. The molecule has 0 radical (unpaired) electrons. The highest BCUT2D eigenvalue weighted by atomic mass is 15.2. The number of hydrogen-bond acceptors (Lipinski definition) is 3. The minimum atomic E-state index is 0.151. The van der Waals surface area contributed by atoms with Crippen LogP contribution in [0.4, 0.5) is 5.82 Å². The number of rotatable bonds is 5. The van der Waals surface area contributed by atoms with Crippen LogP contribution in [-0.2, 0) is 6.42 Å². The lowest BCUT2D eigenvalue weighted by Gasteiger charge is -2.18. The fraction of sp³-hybridized carbons (Fsp3) is 0.588. The Morgan fingerprint density at radius 1 is 1.43 bits per heavy atom. The van der Waals surface area contributed by atoms with E-state index in [4.69, 9.17) is 10.7 Å². The van der Waals surface area contributed by atoms with Gasteiger partial charge >= 0.3 is 0 Å². The van der Waals surface area contributed by atoms with E-state index in [0.29, 0.717) is 0 Å². The summed E-state index contributed by atoms with van der Waals surface area (Å²) in [7, 11) is 0. The highest BCUT2D eigenvalue weighted by molar-refractivity contribution is 5.56. The second kappa shape index (κ2) is 6.06. The number of nitrogens with zero attached hydrogens (tertiary/aromatic N) is 3. The third-order valence-electron chi connectivity index (χ3n) is 4.41. The van der Waals surface area contributed by atoms with E-state index in [1.165, 1.54) is 25.0 Å². The van der Waals surface area contributed by atoms with Gasteiger partial charge in [0.25, 0.3) is 0 Å². The van der Waals surface area contributed by atoms with Crippen molar-refractivity contribution in [2.75, 3.05) is 18.0 Å². The number of hydrogen-bond donors (Lipinski definition) is 1. The lowest BCUT2D eigenvalue weighted by Crippen LogP contribution is -2.24. The molecule has 1 aliphatic rings. The van der Waals surface area contributed by atoms with Gasteiger partial charge in [-0.3, -0.25) is 0 Å². The van der Waals surface area contributed by atoms with Gasteiger partial charge in [-0.25, -0.2) is 4.98 Å². The first kappa shape index (κ1) is 14.4. The maximum absolute atomic E-state index is 6.06. The second-order valence-electron chi connectivity index (χ2n) is 6.38. The number of anilines is 1. The van der Waals surface area contributed by atoms with Crippen LogP contribution in [0.25, 0.3) is 5.65 Å². The molecule has 0 spiro atoms. The minimum Gasteiger partial charge on any atom is -0.355 e. The van der Waals surface area contributed by atoms with E-state index in [0.717, 1.165) is 36.9 Å². The molecule has 2 N–H and O–H groups in total. The highest BCUT2D eigenvalue weighted by Crippen LogP contribution is 2.29. The molecule has 1 saturated heterocycles. The van der Waals surface area contributed by atoms with E-state index in [1.807, 2.05) is 6.07 Å². The molecule has 3 rings (SSSR count). The maximum atomic E-state index is 6.06. The van der Waals surface area contributed by atoms with Gasteiger partial charge in [0.2, 0.25) is 0 Å². The fourth-order valence-corrected chi connectivity index (χ4v) is 3.45. The van der Waals surface area contributed by atoms with Crippen LogP contribution in [0.15, 0.2) is 24.4 Å². The van der Waals surface area contributed by atoms with Crippen LogP contribution >= 0.6 is 0 Å². The van der Waals surface area contributed by atoms with Crippen molar-refractivity contribution >= 4 is 11.5 Å². The van der Waals surface area contributed by atoms with E-state index in [1.54, 1.807) is 0 Å². The molecule has 4 nitrogen and oxygen atoms in total. The van der Waals surface area contributed by atoms with Gasteiger partial charge in [0, 0.05) is 31.7 Å². The van der Waals surface area contributed by atoms with Gasteiger partial charge in [-0.15, -0.1) is 0 Å². The molecule has 3 heterocycles. The van der Waals surface area contributed by atoms with Gasteiger partial charge in [-0.1, -0.05) is 19.4 Å². The van der Waals surface area contributed by atoms with Crippen LogP contribution in [-0.4, -0.2) is 28.5 Å². The Hall–Kier alpha value is -1.55. The summed E-state index contributed by atoms with van der Waals surface area (Å²) in [5.74, 6) is 1.97. The number of nitrogens with two attached hydrogens (primary N) is 1. The Kier molecular flexibility index (Phi) is 4.15. The summed E-state index contributed by atoms with van der Waals surface area (Å²) in [6.07, 6.45) is 6.86. The summed E-state index contributed by atoms with van der Waals surface area (Å²) in [5, 5.41) is 0. The summed E-state index contributed by atoms with van der Waals surface area (Å²) in [4.78, 5) is 7.34. The average molecular weight is 286 g/mol. The smallest absolute Gasteiger partial charge is 0.151 e. The molecule has 0 aliphatic carbocycles. The normalized spacial score (nSPS) is 20.3. The van der Waals surface area contributed by atoms with Crippen molar-refractivity contribution in [2.24, 2.45) is 11.7 Å². The Bertz CT molecular complexity index is 602. The predicted octanol–water partition coefficient (Wildman–Crippen LogP) is 2.85. The van der Waals surface area contributed by atoms with Crippen LogP contribution < -0.4 is 10.6 Å². The first-order chi connectivity index (χ1) is 10.2. The van der Waals surface area contributed by atoms with Gasteiger partial charge in [0.15, 0.2) is 5.82 Å². The number of fused-ring (bicyclic) bond motifs is 1. The largest absolute Gasteiger partial charge is 0.355 e. The van der Waals surface area contributed by atoms with Gasteiger partial charge in [-0.05, 0) is 37.8 Å². The molecule has 0 amide bonds. The lowest BCUT2D eigenvalue weighted by molar-refractivity contribution is 0.529. The zero-order valence-corrected chi connectivity index (χ0v) is 13.1. The molecule has 0 bridgehead atoms. The Balaban J connectivity index is 1.94. The van der Waals surface area contributed by atoms with Crippen LogP contribution in [0.2, 0.25) is 0 Å². The molecular formula is C17H26N4. The van der Waals surface area contributed by atoms with Crippen molar-refractivity contribution < 1.29 is 0 Å². The Morgan fingerprint density at radius 2 is 2.29 bits per heavy atom. The fourth-order valence-electron chi connectivity index (χ4n) is 3.45. The maximum Gasteiger partial charge on any atom is 0.151 e. The Labute approximate surface area is 127 Å². The van der Waals surface area contributed by atoms with Gasteiger partial charge in [-0.2, -0.15) is 0 Å². The van der Waals surface area contributed by atoms with Crippen molar-refractivity contribution in [1.29, 1.82) is 0 Å². The predicted molar refractivity (Wildman–Crippen MR) is 87.8 cm³/mol. The molecule has 0 saturated carbocycles. The van der Waals surface area contributed by atoms with Crippen molar-refractivity contribution in [3.63, 3.8) is 0 Å². The molecule has 2 aromatic rings. The lowest BCUT2D eigenvalue weighted by atomic mass is 10.0. The second-order valence-corrected chi connectivity index (χ2v) is 6.38. The van der Waals surface area contributed by atoms with Gasteiger partial charge in [0.1, 0.15) is 5.65 Å². The third-order valence-corrected chi connectivity index (χ3v) is 4.41. The molecule has 0 aromatic carbocycles. The molecule has 1 fully saturated rings. The summed E-state index contributed by atoms with van der Waals surface area (Å²) in [6.45, 7) is 6.61. The third kappa shape index (κ3) is 2.91. The molecule has 114 valence electrons. The van der Waals surface area contributed by atoms with E-state index < -0.39 is 0 Å². The molecular weight excluding hydrogens is 260 g/mol. The van der Waals surface area contributed by atoms with E-state index >= 15 is 0 Å². The topological polar surface area (TPSA) is 46.6 Å². The number of pyridine rings is 1. The van der Waals surface area contributed by atoms with E-state index in [2.05, 4.69) is 41.5 Å². The van der Waals surface area contributed by atoms with Gasteiger partial charge < -0.3 is 15.0 Å². The standard InChI is InChI=1S/C17H26N4/c1-3-6-14-8-10-20(12-14)17-15(11-13(2)18)21-9-5-4-7-16(21)19-17/h4-5,7,9,13-14H,3,6,8,10-12,18H2,1-2H3. The zero-order chi connectivity index (χ0) is 14.8. The van der Waals surface area contributed by atoms with Crippen LogP contribution in [0, 0.1) is 5.92 Å². The quantitative estimate of drug-likeness (QED) is 0.919. The summed E-state index contributed by atoms with van der Waals surface area (Å²) < 4.78 is 2.20. The van der Waals surface area contributed by atoms with Crippen molar-refractivity contribution in [1.82, 2.24) is 9.38 Å². The summed E-state index contributed by atoms with van der Waals surface area (Å²) >= 11 is 0. The molecule has 1 aliphatic heterocycles. The monoisotopic (exact) mass is 286 g/mol. The Morgan fingerprint density at radius 3 is 3.05 bits per heavy atom. The molecule has 2 unspecified atom stereocenters. The van der Waals surface area contributed by atoms with Crippen molar-refractivity contribution in [3.05, 3.63) is 30.1 Å². The first-order valence-corrected chi connectivity index (χ1v) is 8.15. The summed E-state index contributed by atoms with van der Waals surface area (Å²) in [5.41, 5.74) is 8.35. The van der Waals surface area contributed by atoms with Crippen LogP contribution in [0.3, 0.4) is 0 Å². The number of aromatic nitrogens is 2. The van der Waals surface area contributed by atoms with E-state index in [-0.39, 0.29) is 6.04 Å². The summed E-state index contributed by atoms with van der Waals surface area (Å²) in [6, 6.07) is 6.34. The SMILES string of the molecule is CCCC1CCN(c2nc3ccccn3c2CC(C)N)C1. The van der Waals surface area contributed by atoms with Crippen molar-refractivity contribution in [3.8, 4) is 0 Å². The van der Waals surface area contributed by atoms with Crippen LogP contribution in [0.5, 0.6) is 0 Å². The first-order valence-electron chi connectivity index (χ1n) is 8.15. The molecule has 4 heteroatoms. The zero-order valence-electron chi connectivity index (χ0n) is 13.1. The van der Waals surface area contributed by atoms with E-state index in [9.17, 15) is 0 Å². The molecule has 21 heavy (non-hydrogen) atoms. The van der Waals surface area contributed by atoms with Gasteiger partial charge in [0.05, 0.1) is 5.69 Å². The number of imidazole rings is 1. The molecule has 2 atom stereocenters. The van der Waals surface area contributed by atoms with Crippen LogP contribution in [0.1, 0.15) is 38.8 Å². The minimum absolute atomic E-state index is 0.151. The highest BCUT2D eigenvalue weighted by Gasteiger charge is 2.26. The van der Waals surface area contributed by atoms with Crippen molar-refractivity contribution in [2.45, 2.75) is 45.6 Å². The molecule has 2 aromatic heterocycles.